The summed E-state index contributed by atoms with van der Waals surface area (Å²) in [5.41, 5.74) is 0. The highest BCUT2D eigenvalue weighted by atomic mass is 14.1. The molecular formula is C14H31B. The number of unbranched alkanes of at least 4 members (excludes halogenated alkanes) is 2. The summed E-state index contributed by atoms with van der Waals surface area (Å²) in [6.07, 6.45) is 12.8. The van der Waals surface area contributed by atoms with E-state index in [1.807, 2.05) is 0 Å². The molecule has 0 aliphatic heterocycles. The van der Waals surface area contributed by atoms with Crippen LogP contribution in [0.5, 0.6) is 0 Å². The minimum Gasteiger partial charge on any atom is -0.0697 e. The molecule has 0 aromatic rings. The normalized spacial score (nSPS) is 15.1. The molecule has 0 aromatic heterocycles. The van der Waals surface area contributed by atoms with E-state index in [0.717, 1.165) is 11.7 Å². The highest BCUT2D eigenvalue weighted by molar-refractivity contribution is 6.11. The van der Waals surface area contributed by atoms with Crippen LogP contribution in [-0.2, 0) is 0 Å². The number of hydrogen-bond donors (Lipinski definition) is 0. The fourth-order valence-corrected chi connectivity index (χ4v) is 2.21. The topological polar surface area (TPSA) is 0 Å². The van der Waals surface area contributed by atoms with E-state index in [1.54, 1.807) is 0 Å². The van der Waals surface area contributed by atoms with E-state index < -0.39 is 0 Å². The molecule has 15 heavy (non-hydrogen) atoms. The third-order valence-electron chi connectivity index (χ3n) is 3.49. The van der Waals surface area contributed by atoms with Crippen molar-refractivity contribution >= 4 is 7.85 Å². The first kappa shape index (κ1) is 15.1. The van der Waals surface area contributed by atoms with Crippen LogP contribution in [0.15, 0.2) is 0 Å². The van der Waals surface area contributed by atoms with Crippen molar-refractivity contribution in [2.75, 3.05) is 0 Å². The van der Waals surface area contributed by atoms with Crippen LogP contribution in [0.25, 0.3) is 0 Å². The molecule has 0 radical (unpaired) electrons. The lowest BCUT2D eigenvalue weighted by Crippen LogP contribution is -1.98. The Hall–Kier alpha value is 0.0649. The van der Waals surface area contributed by atoms with Gasteiger partial charge in [0.2, 0.25) is 0 Å². The molecule has 0 aromatic carbocycles. The van der Waals surface area contributed by atoms with Crippen LogP contribution in [0.3, 0.4) is 0 Å². The summed E-state index contributed by atoms with van der Waals surface area (Å²) in [5.74, 6) is 1.92. The minimum atomic E-state index is 0.961. The van der Waals surface area contributed by atoms with Crippen LogP contribution >= 0.6 is 0 Å². The van der Waals surface area contributed by atoms with Crippen molar-refractivity contribution in [1.82, 2.24) is 0 Å². The Morgan fingerprint density at radius 1 is 0.800 bits per heavy atom. The maximum Gasteiger partial charge on any atom is 0.105 e. The molecular weight excluding hydrogens is 179 g/mol. The zero-order valence-electron chi connectivity index (χ0n) is 11.5. The Balaban J connectivity index is 3.27. The van der Waals surface area contributed by atoms with Crippen molar-refractivity contribution < 1.29 is 0 Å². The molecule has 1 heteroatoms. The summed E-state index contributed by atoms with van der Waals surface area (Å²) in [5, 5.41) is 0. The van der Waals surface area contributed by atoms with E-state index in [2.05, 4.69) is 28.6 Å². The standard InChI is InChI=1S/C14H31B/c1-4-6-9-13(3)10-8-12-14(15)11-7-5-2/h13-14H,4-12,15H2,1-3H3. The average molecular weight is 210 g/mol. The molecule has 0 fully saturated rings. The van der Waals surface area contributed by atoms with Crippen LogP contribution in [0.4, 0.5) is 0 Å². The van der Waals surface area contributed by atoms with Gasteiger partial charge in [-0.25, -0.2) is 0 Å². The van der Waals surface area contributed by atoms with Crippen molar-refractivity contribution in [2.24, 2.45) is 5.92 Å². The van der Waals surface area contributed by atoms with Crippen molar-refractivity contribution in [3.63, 3.8) is 0 Å². The summed E-state index contributed by atoms with van der Waals surface area (Å²) in [4.78, 5) is 0. The van der Waals surface area contributed by atoms with E-state index in [4.69, 9.17) is 0 Å². The molecule has 0 heterocycles. The maximum absolute atomic E-state index is 2.42. The van der Waals surface area contributed by atoms with Crippen molar-refractivity contribution in [3.05, 3.63) is 0 Å². The Labute approximate surface area is 98.6 Å². The van der Waals surface area contributed by atoms with Gasteiger partial charge in [-0.05, 0) is 5.92 Å². The van der Waals surface area contributed by atoms with Crippen molar-refractivity contribution in [1.29, 1.82) is 0 Å². The zero-order chi connectivity index (χ0) is 11.5. The molecule has 0 spiro atoms. The first-order valence-corrected chi connectivity index (χ1v) is 7.20. The lowest BCUT2D eigenvalue weighted by Gasteiger charge is -2.13. The van der Waals surface area contributed by atoms with Gasteiger partial charge in [0.1, 0.15) is 7.85 Å². The molecule has 0 aliphatic carbocycles. The fourth-order valence-electron chi connectivity index (χ4n) is 2.21. The monoisotopic (exact) mass is 210 g/mol. The van der Waals surface area contributed by atoms with E-state index in [9.17, 15) is 0 Å². The average Bonchev–Trinajstić information content (AvgIpc) is 2.23. The lowest BCUT2D eigenvalue weighted by molar-refractivity contribution is 0.442. The van der Waals surface area contributed by atoms with Gasteiger partial charge in [-0.15, -0.1) is 0 Å². The molecule has 0 bridgehead atoms. The lowest BCUT2D eigenvalue weighted by atomic mass is 9.78. The summed E-state index contributed by atoms with van der Waals surface area (Å²) in [6.45, 7) is 7.01. The van der Waals surface area contributed by atoms with Gasteiger partial charge in [0, 0.05) is 0 Å². The maximum atomic E-state index is 2.42. The zero-order valence-corrected chi connectivity index (χ0v) is 11.5. The van der Waals surface area contributed by atoms with E-state index in [1.165, 1.54) is 57.8 Å². The predicted molar refractivity (Wildman–Crippen MR) is 74.4 cm³/mol. The van der Waals surface area contributed by atoms with Gasteiger partial charge in [-0.3, -0.25) is 0 Å². The Morgan fingerprint density at radius 2 is 1.27 bits per heavy atom. The molecule has 90 valence electrons. The number of hydrogen-bond acceptors (Lipinski definition) is 0. The van der Waals surface area contributed by atoms with Gasteiger partial charge >= 0.3 is 0 Å². The molecule has 2 unspecified atom stereocenters. The van der Waals surface area contributed by atoms with E-state index in [0.29, 0.717) is 0 Å². The molecule has 0 amide bonds. The van der Waals surface area contributed by atoms with Gasteiger partial charge in [0.05, 0.1) is 0 Å². The molecule has 0 saturated heterocycles. The summed E-state index contributed by atoms with van der Waals surface area (Å²) < 4.78 is 0. The smallest absolute Gasteiger partial charge is 0.0697 e. The van der Waals surface area contributed by atoms with E-state index in [-0.39, 0.29) is 0 Å². The highest BCUT2D eigenvalue weighted by Gasteiger charge is 2.04. The molecule has 0 rings (SSSR count). The first-order chi connectivity index (χ1) is 7.20. The molecule has 0 nitrogen and oxygen atoms in total. The molecule has 2 atom stereocenters. The second-order valence-corrected chi connectivity index (χ2v) is 5.43. The summed E-state index contributed by atoms with van der Waals surface area (Å²) in [7, 11) is 2.42. The molecule has 0 saturated carbocycles. The first-order valence-electron chi connectivity index (χ1n) is 7.20. The van der Waals surface area contributed by atoms with E-state index >= 15 is 0 Å². The largest absolute Gasteiger partial charge is 0.105 e. The molecule has 0 N–H and O–H groups in total. The van der Waals surface area contributed by atoms with Crippen molar-refractivity contribution in [2.45, 2.75) is 84.4 Å². The van der Waals surface area contributed by atoms with Gasteiger partial charge in [0.15, 0.2) is 0 Å². The van der Waals surface area contributed by atoms with Gasteiger partial charge in [0.25, 0.3) is 0 Å². The molecule has 0 aliphatic rings. The highest BCUT2D eigenvalue weighted by Crippen LogP contribution is 2.21. The van der Waals surface area contributed by atoms with Crippen LogP contribution < -0.4 is 0 Å². The SMILES string of the molecule is BC(CCCC)CCCC(C)CCCC. The van der Waals surface area contributed by atoms with Gasteiger partial charge in [-0.2, -0.15) is 0 Å². The fraction of sp³-hybridized carbons (Fsp3) is 1.00. The van der Waals surface area contributed by atoms with Gasteiger partial charge in [-0.1, -0.05) is 84.4 Å². The Kier molecular flexibility index (Phi) is 10.6. The Morgan fingerprint density at radius 3 is 1.87 bits per heavy atom. The van der Waals surface area contributed by atoms with Crippen LogP contribution in [0, 0.1) is 5.92 Å². The second-order valence-electron chi connectivity index (χ2n) is 5.43. The summed E-state index contributed by atoms with van der Waals surface area (Å²) in [6, 6.07) is 0. The number of rotatable bonds is 10. The van der Waals surface area contributed by atoms with Crippen LogP contribution in [0.2, 0.25) is 5.82 Å². The quantitative estimate of drug-likeness (QED) is 0.462. The van der Waals surface area contributed by atoms with Gasteiger partial charge < -0.3 is 0 Å². The third kappa shape index (κ3) is 10.3. The predicted octanol–water partition coefficient (Wildman–Crippen LogP) is 4.59. The summed E-state index contributed by atoms with van der Waals surface area (Å²) >= 11 is 0. The van der Waals surface area contributed by atoms with Crippen molar-refractivity contribution in [3.8, 4) is 0 Å². The second kappa shape index (κ2) is 10.6. The third-order valence-corrected chi connectivity index (χ3v) is 3.49. The Bertz CT molecular complexity index is 109. The van der Waals surface area contributed by atoms with Crippen LogP contribution in [0.1, 0.15) is 78.6 Å². The minimum absolute atomic E-state index is 0.961. The van der Waals surface area contributed by atoms with Crippen LogP contribution in [-0.4, -0.2) is 7.85 Å².